The molecule has 1 aromatic rings. The van der Waals surface area contributed by atoms with E-state index in [4.69, 9.17) is 0 Å². The first-order valence-corrected chi connectivity index (χ1v) is 9.02. The van der Waals surface area contributed by atoms with Crippen LogP contribution in [0, 0.1) is 5.92 Å². The van der Waals surface area contributed by atoms with Crippen molar-refractivity contribution in [3.63, 3.8) is 0 Å². The Balaban J connectivity index is 2.52. The molecule has 1 aromatic carbocycles. The fourth-order valence-electron chi connectivity index (χ4n) is 2.47. The molecule has 4 amide bonds. The summed E-state index contributed by atoms with van der Waals surface area (Å²) < 4.78 is 0. The fourth-order valence-corrected chi connectivity index (χ4v) is 2.47. The smallest absolute Gasteiger partial charge is 0.315 e. The van der Waals surface area contributed by atoms with E-state index in [1.165, 1.54) is 0 Å². The largest absolute Gasteiger partial charge is 0.345 e. The average Bonchev–Trinajstić information content (AvgIpc) is 2.64. The summed E-state index contributed by atoms with van der Waals surface area (Å²) in [6.07, 6.45) is 0. The first-order chi connectivity index (χ1) is 12.4. The van der Waals surface area contributed by atoms with Crippen molar-refractivity contribution in [2.75, 3.05) is 19.6 Å². The summed E-state index contributed by atoms with van der Waals surface area (Å²) in [6.45, 7) is 8.95. The van der Waals surface area contributed by atoms with E-state index < -0.39 is 12.1 Å². The van der Waals surface area contributed by atoms with Crippen molar-refractivity contribution in [3.8, 4) is 0 Å². The van der Waals surface area contributed by atoms with Crippen molar-refractivity contribution < 1.29 is 14.4 Å². The zero-order valence-electron chi connectivity index (χ0n) is 16.0. The summed E-state index contributed by atoms with van der Waals surface area (Å²) in [6, 6.07) is 8.38. The second-order valence-corrected chi connectivity index (χ2v) is 6.32. The third-order valence-corrected chi connectivity index (χ3v) is 4.06. The quantitative estimate of drug-likeness (QED) is 0.622. The summed E-state index contributed by atoms with van der Waals surface area (Å²) in [5.41, 5.74) is 0.970. The third kappa shape index (κ3) is 7.13. The van der Waals surface area contributed by atoms with E-state index >= 15 is 0 Å². The molecule has 0 aliphatic carbocycles. The molecule has 0 aromatic heterocycles. The van der Waals surface area contributed by atoms with Gasteiger partial charge in [0, 0.05) is 19.6 Å². The number of carbonyl (C=O) groups is 3. The number of likely N-dealkylation sites (N-methyl/N-ethyl adjacent to an activating group) is 1. The van der Waals surface area contributed by atoms with Gasteiger partial charge in [0.2, 0.25) is 11.8 Å². The van der Waals surface area contributed by atoms with Crippen molar-refractivity contribution in [2.45, 2.75) is 40.3 Å². The first-order valence-electron chi connectivity index (χ1n) is 9.02. The van der Waals surface area contributed by atoms with Crippen molar-refractivity contribution in [1.82, 2.24) is 20.9 Å². The maximum atomic E-state index is 12.4. The van der Waals surface area contributed by atoms with Gasteiger partial charge in [-0.25, -0.2) is 4.79 Å². The molecule has 7 heteroatoms. The third-order valence-electron chi connectivity index (χ3n) is 4.06. The topological polar surface area (TPSA) is 90.5 Å². The minimum absolute atomic E-state index is 0.0724. The SMILES string of the molecule is CCN(CC)C(=O)CNC(=O)C(NC(=O)NCc1ccccc1)C(C)C. The number of hydrogen-bond donors (Lipinski definition) is 3. The van der Waals surface area contributed by atoms with E-state index in [9.17, 15) is 14.4 Å². The van der Waals surface area contributed by atoms with Crippen LogP contribution in [-0.4, -0.2) is 48.4 Å². The van der Waals surface area contributed by atoms with Crippen LogP contribution in [0.25, 0.3) is 0 Å². The number of rotatable bonds is 9. The summed E-state index contributed by atoms with van der Waals surface area (Å²) in [7, 11) is 0. The Morgan fingerprint density at radius 2 is 1.62 bits per heavy atom. The average molecular weight is 362 g/mol. The molecular weight excluding hydrogens is 332 g/mol. The lowest BCUT2D eigenvalue weighted by atomic mass is 10.0. The Kier molecular flexibility index (Phi) is 9.19. The highest BCUT2D eigenvalue weighted by Gasteiger charge is 2.24. The van der Waals surface area contributed by atoms with Crippen LogP contribution in [0.4, 0.5) is 4.79 Å². The molecule has 0 radical (unpaired) electrons. The molecule has 0 heterocycles. The lowest BCUT2D eigenvalue weighted by Gasteiger charge is -2.23. The van der Waals surface area contributed by atoms with Crippen molar-refractivity contribution in [2.24, 2.45) is 5.92 Å². The molecule has 144 valence electrons. The highest BCUT2D eigenvalue weighted by Crippen LogP contribution is 2.02. The predicted octanol–water partition coefficient (Wildman–Crippen LogP) is 1.50. The van der Waals surface area contributed by atoms with Gasteiger partial charge in [-0.2, -0.15) is 0 Å². The van der Waals surface area contributed by atoms with Gasteiger partial charge in [-0.1, -0.05) is 44.2 Å². The number of nitrogens with one attached hydrogen (secondary N) is 3. The summed E-state index contributed by atoms with van der Waals surface area (Å²) in [4.78, 5) is 38.1. The molecule has 0 aliphatic rings. The lowest BCUT2D eigenvalue weighted by Crippen LogP contribution is -2.53. The lowest BCUT2D eigenvalue weighted by molar-refractivity contribution is -0.133. The predicted molar refractivity (Wildman–Crippen MR) is 101 cm³/mol. The van der Waals surface area contributed by atoms with Crippen LogP contribution < -0.4 is 16.0 Å². The van der Waals surface area contributed by atoms with Crippen LogP contribution in [0.3, 0.4) is 0 Å². The number of benzene rings is 1. The molecular formula is C19H30N4O3. The molecule has 0 bridgehead atoms. The maximum Gasteiger partial charge on any atom is 0.315 e. The monoisotopic (exact) mass is 362 g/mol. The second kappa shape index (κ2) is 11.1. The van der Waals surface area contributed by atoms with Gasteiger partial charge < -0.3 is 20.9 Å². The van der Waals surface area contributed by atoms with Crippen molar-refractivity contribution >= 4 is 17.8 Å². The number of carbonyl (C=O) groups excluding carboxylic acids is 3. The Hall–Kier alpha value is -2.57. The standard InChI is InChI=1S/C19H30N4O3/c1-5-23(6-2)16(24)13-20-18(25)17(14(3)4)22-19(26)21-12-15-10-8-7-9-11-15/h7-11,14,17H,5-6,12-13H2,1-4H3,(H,20,25)(H2,21,22,26). The summed E-state index contributed by atoms with van der Waals surface area (Å²) in [5, 5.41) is 8.04. The first kappa shape index (κ1) is 21.5. The molecule has 1 unspecified atom stereocenters. The maximum absolute atomic E-state index is 12.4. The van der Waals surface area contributed by atoms with E-state index in [0.717, 1.165) is 5.56 Å². The molecule has 0 saturated carbocycles. The Morgan fingerprint density at radius 1 is 1.00 bits per heavy atom. The van der Waals surface area contributed by atoms with Crippen molar-refractivity contribution in [3.05, 3.63) is 35.9 Å². The van der Waals surface area contributed by atoms with Crippen LogP contribution >= 0.6 is 0 Å². The van der Waals surface area contributed by atoms with Crippen molar-refractivity contribution in [1.29, 1.82) is 0 Å². The van der Waals surface area contributed by atoms with E-state index in [-0.39, 0.29) is 24.3 Å². The van der Waals surface area contributed by atoms with Gasteiger partial charge in [0.15, 0.2) is 0 Å². The number of nitrogens with zero attached hydrogens (tertiary/aromatic N) is 1. The molecule has 0 fully saturated rings. The normalized spacial score (nSPS) is 11.6. The zero-order valence-corrected chi connectivity index (χ0v) is 16.0. The van der Waals surface area contributed by atoms with E-state index in [1.54, 1.807) is 4.90 Å². The molecule has 7 nitrogen and oxygen atoms in total. The van der Waals surface area contributed by atoms with Gasteiger partial charge in [-0.3, -0.25) is 9.59 Å². The van der Waals surface area contributed by atoms with E-state index in [2.05, 4.69) is 16.0 Å². The highest BCUT2D eigenvalue weighted by molar-refractivity contribution is 5.90. The summed E-state index contributed by atoms with van der Waals surface area (Å²) >= 11 is 0. The second-order valence-electron chi connectivity index (χ2n) is 6.32. The van der Waals surface area contributed by atoms with Crippen LogP contribution in [0.2, 0.25) is 0 Å². The molecule has 3 N–H and O–H groups in total. The van der Waals surface area contributed by atoms with Crippen LogP contribution in [0.1, 0.15) is 33.3 Å². The molecule has 0 spiro atoms. The number of hydrogen-bond acceptors (Lipinski definition) is 3. The Morgan fingerprint density at radius 3 is 2.15 bits per heavy atom. The van der Waals surface area contributed by atoms with E-state index in [1.807, 2.05) is 58.0 Å². The van der Waals surface area contributed by atoms with Crippen LogP contribution in [0.5, 0.6) is 0 Å². The van der Waals surface area contributed by atoms with Gasteiger partial charge in [-0.15, -0.1) is 0 Å². The van der Waals surface area contributed by atoms with Gasteiger partial charge in [-0.05, 0) is 25.3 Å². The van der Waals surface area contributed by atoms with Gasteiger partial charge in [0.1, 0.15) is 6.04 Å². The van der Waals surface area contributed by atoms with Crippen LogP contribution in [-0.2, 0) is 16.1 Å². The molecule has 0 aliphatic heterocycles. The van der Waals surface area contributed by atoms with Crippen LogP contribution in [0.15, 0.2) is 30.3 Å². The Bertz CT molecular complexity index is 586. The highest BCUT2D eigenvalue weighted by atomic mass is 16.2. The van der Waals surface area contributed by atoms with Gasteiger partial charge in [0.25, 0.3) is 0 Å². The molecule has 1 atom stereocenters. The molecule has 1 rings (SSSR count). The zero-order chi connectivity index (χ0) is 19.5. The van der Waals surface area contributed by atoms with Gasteiger partial charge in [0.05, 0.1) is 6.54 Å². The summed E-state index contributed by atoms with van der Waals surface area (Å²) in [5.74, 6) is -0.615. The van der Waals surface area contributed by atoms with Gasteiger partial charge >= 0.3 is 6.03 Å². The minimum atomic E-state index is -0.713. The molecule has 26 heavy (non-hydrogen) atoms. The fraction of sp³-hybridized carbons (Fsp3) is 0.526. The Labute approximate surface area is 155 Å². The van der Waals surface area contributed by atoms with E-state index in [0.29, 0.717) is 19.6 Å². The number of amides is 4. The minimum Gasteiger partial charge on any atom is -0.345 e. The molecule has 0 saturated heterocycles. The number of urea groups is 1.